The Balaban J connectivity index is 1.59. The van der Waals surface area contributed by atoms with Crippen molar-refractivity contribution in [1.82, 2.24) is 19.7 Å². The summed E-state index contributed by atoms with van der Waals surface area (Å²) in [7, 11) is -4.11. The third-order valence-corrected chi connectivity index (χ3v) is 9.36. The number of amides is 5. The van der Waals surface area contributed by atoms with Crippen molar-refractivity contribution in [3.8, 4) is 0 Å². The fourth-order valence-corrected chi connectivity index (χ4v) is 8.04. The Hall–Kier alpha value is -4.25. The Morgan fingerprint density at radius 2 is 1.62 bits per heavy atom. The molecule has 3 unspecified atom stereocenters. The Morgan fingerprint density at radius 3 is 2.21 bits per heavy atom. The monoisotopic (exact) mass is 545 g/mol. The van der Waals surface area contributed by atoms with Crippen LogP contribution in [0.25, 0.3) is 0 Å². The number of piperazine rings is 1. The van der Waals surface area contributed by atoms with Crippen LogP contribution in [0.15, 0.2) is 85.2 Å². The third kappa shape index (κ3) is 3.71. The number of carbonyl (C=O) groups excluding carboxylic acids is 3. The van der Waals surface area contributed by atoms with Crippen molar-refractivity contribution >= 4 is 27.8 Å². The van der Waals surface area contributed by atoms with Crippen LogP contribution in [0.5, 0.6) is 0 Å². The van der Waals surface area contributed by atoms with E-state index >= 15 is 0 Å². The second-order valence-electron chi connectivity index (χ2n) is 10.2. The summed E-state index contributed by atoms with van der Waals surface area (Å²) in [6.07, 6.45) is 4.61. The predicted octanol–water partition coefficient (Wildman–Crippen LogP) is 2.28. The summed E-state index contributed by atoms with van der Waals surface area (Å²) in [6, 6.07) is 18.4. The highest BCUT2D eigenvalue weighted by molar-refractivity contribution is 7.91. The molecule has 200 valence electrons. The van der Waals surface area contributed by atoms with Crippen molar-refractivity contribution < 1.29 is 22.8 Å². The van der Waals surface area contributed by atoms with Crippen LogP contribution in [0, 0.1) is 0 Å². The maximum absolute atomic E-state index is 14.4. The molecule has 6 rings (SSSR count). The number of sulfone groups is 1. The van der Waals surface area contributed by atoms with E-state index in [1.54, 1.807) is 42.5 Å². The molecule has 0 radical (unpaired) electrons. The van der Waals surface area contributed by atoms with Crippen LogP contribution in [0.4, 0.5) is 9.59 Å². The number of nitrogens with zero attached hydrogens (tertiary/aromatic N) is 4. The molecular formula is C28H27N5O5S. The van der Waals surface area contributed by atoms with Gasteiger partial charge in [0.15, 0.2) is 15.2 Å². The van der Waals surface area contributed by atoms with E-state index in [0.29, 0.717) is 17.5 Å². The number of carbonyl (C=O) groups is 3. The van der Waals surface area contributed by atoms with Gasteiger partial charge in [-0.25, -0.2) is 18.0 Å². The summed E-state index contributed by atoms with van der Waals surface area (Å²) in [5.41, 5.74) is 5.77. The Kier molecular flexibility index (Phi) is 5.72. The zero-order valence-corrected chi connectivity index (χ0v) is 21.9. The molecule has 10 nitrogen and oxygen atoms in total. The van der Waals surface area contributed by atoms with Crippen molar-refractivity contribution in [2.24, 2.45) is 5.73 Å². The van der Waals surface area contributed by atoms with Crippen LogP contribution >= 0.6 is 0 Å². The Morgan fingerprint density at radius 1 is 0.974 bits per heavy atom. The van der Waals surface area contributed by atoms with Gasteiger partial charge >= 0.3 is 12.1 Å². The van der Waals surface area contributed by atoms with Crippen LogP contribution in [0.1, 0.15) is 29.0 Å². The highest BCUT2D eigenvalue weighted by Crippen LogP contribution is 2.53. The minimum absolute atomic E-state index is 0.0251. The van der Waals surface area contributed by atoms with E-state index in [1.165, 1.54) is 22.2 Å². The van der Waals surface area contributed by atoms with Crippen LogP contribution in [-0.4, -0.2) is 76.3 Å². The maximum Gasteiger partial charge on any atom is 0.328 e. The number of aromatic nitrogens is 1. The van der Waals surface area contributed by atoms with Gasteiger partial charge in [-0.3, -0.25) is 19.6 Å². The first kappa shape index (κ1) is 25.1. The molecule has 1 aliphatic carbocycles. The van der Waals surface area contributed by atoms with Crippen molar-refractivity contribution in [3.05, 3.63) is 102 Å². The van der Waals surface area contributed by atoms with Crippen molar-refractivity contribution in [2.75, 3.05) is 12.8 Å². The number of rotatable bonds is 5. The summed E-state index contributed by atoms with van der Waals surface area (Å²) < 4.78 is 27.2. The minimum Gasteiger partial charge on any atom is -0.351 e. The minimum atomic E-state index is -4.11. The maximum atomic E-state index is 14.4. The number of urea groups is 2. The van der Waals surface area contributed by atoms with Gasteiger partial charge in [0.25, 0.3) is 5.91 Å². The summed E-state index contributed by atoms with van der Waals surface area (Å²) in [5.74, 6) is -0.506. The molecule has 3 fully saturated rings. The molecule has 2 aromatic carbocycles. The molecule has 1 saturated carbocycles. The number of imide groups is 1. The number of hydrogen-bond acceptors (Lipinski definition) is 6. The van der Waals surface area contributed by atoms with Crippen molar-refractivity contribution in [2.45, 2.75) is 35.3 Å². The van der Waals surface area contributed by atoms with E-state index < -0.39 is 44.8 Å². The highest BCUT2D eigenvalue weighted by atomic mass is 32.2. The van der Waals surface area contributed by atoms with Crippen LogP contribution in [-0.2, 0) is 20.2 Å². The largest absolute Gasteiger partial charge is 0.351 e. The lowest BCUT2D eigenvalue weighted by molar-refractivity contribution is -0.131. The fraction of sp³-hybridized carbons (Fsp3) is 0.286. The second-order valence-corrected chi connectivity index (χ2v) is 12.3. The van der Waals surface area contributed by atoms with E-state index in [4.69, 9.17) is 5.73 Å². The molecule has 3 aromatic rings. The fourth-order valence-electron chi connectivity index (χ4n) is 6.39. The van der Waals surface area contributed by atoms with E-state index in [1.807, 2.05) is 30.3 Å². The van der Waals surface area contributed by atoms with Gasteiger partial charge in [-0.15, -0.1) is 0 Å². The third-order valence-electron chi connectivity index (χ3n) is 7.96. The SMILES string of the molecule is CS(=O)(=O)C1N(C(N)=O)CC2C(=O)N([C@H]3C[C@@H]3c3ccccc3)C(=O)N2C1(c1ccccc1)c1cccnc1. The average molecular weight is 546 g/mol. The molecule has 5 amide bonds. The summed E-state index contributed by atoms with van der Waals surface area (Å²) in [6.45, 7) is -0.342. The smallest absolute Gasteiger partial charge is 0.328 e. The van der Waals surface area contributed by atoms with Crippen molar-refractivity contribution in [3.63, 3.8) is 0 Å². The Bertz CT molecular complexity index is 1510. The summed E-state index contributed by atoms with van der Waals surface area (Å²) in [5, 5.41) is -1.61. The molecular weight excluding hydrogens is 518 g/mol. The van der Waals surface area contributed by atoms with Crippen molar-refractivity contribution in [1.29, 1.82) is 0 Å². The van der Waals surface area contributed by atoms with Gasteiger partial charge in [0.2, 0.25) is 0 Å². The van der Waals surface area contributed by atoms with Gasteiger partial charge in [-0.05, 0) is 23.6 Å². The zero-order valence-electron chi connectivity index (χ0n) is 21.1. The standard InChI is InChI=1S/C28H27N5O5S/c1-39(37,38)25-28(19-11-6-3-7-12-19,20-13-8-14-30-16-20)33-23(17-31(25)26(29)35)24(34)32(27(33)36)22-15-21(22)18-9-4-2-5-10-18/h2-14,16,21-23,25H,15,17H2,1H3,(H2,29,35)/t21-,22+,23?,25?,28?/m1/s1. The molecule has 1 aromatic heterocycles. The molecule has 5 atom stereocenters. The number of nitrogens with two attached hydrogens (primary N) is 1. The van der Waals surface area contributed by atoms with E-state index in [0.717, 1.165) is 16.7 Å². The predicted molar refractivity (Wildman–Crippen MR) is 142 cm³/mol. The van der Waals surface area contributed by atoms with Gasteiger partial charge < -0.3 is 10.6 Å². The number of pyridine rings is 1. The molecule has 0 spiro atoms. The topological polar surface area (TPSA) is 134 Å². The lowest BCUT2D eigenvalue weighted by Crippen LogP contribution is -2.73. The first-order chi connectivity index (χ1) is 18.7. The van der Waals surface area contributed by atoms with Crippen LogP contribution < -0.4 is 5.73 Å². The van der Waals surface area contributed by atoms with Gasteiger partial charge in [-0.1, -0.05) is 66.7 Å². The average Bonchev–Trinajstić information content (AvgIpc) is 3.68. The second kappa shape index (κ2) is 8.91. The molecule has 39 heavy (non-hydrogen) atoms. The molecule has 2 saturated heterocycles. The molecule has 0 bridgehead atoms. The van der Waals surface area contributed by atoms with E-state index in [9.17, 15) is 22.8 Å². The number of fused-ring (bicyclic) bond motifs is 1. The van der Waals surface area contributed by atoms with Crippen LogP contribution in [0.3, 0.4) is 0 Å². The number of hydrogen-bond donors (Lipinski definition) is 1. The quantitative estimate of drug-likeness (QED) is 0.489. The van der Waals surface area contributed by atoms with E-state index in [-0.39, 0.29) is 18.5 Å². The van der Waals surface area contributed by atoms with E-state index in [2.05, 4.69) is 4.98 Å². The van der Waals surface area contributed by atoms with Gasteiger partial charge in [-0.2, -0.15) is 0 Å². The molecule has 11 heteroatoms. The normalized spacial score (nSPS) is 28.4. The molecule has 2 N–H and O–H groups in total. The lowest BCUT2D eigenvalue weighted by atomic mass is 9.78. The first-order valence-electron chi connectivity index (χ1n) is 12.6. The van der Waals surface area contributed by atoms with Gasteiger partial charge in [0, 0.05) is 36.2 Å². The number of primary amides is 1. The zero-order chi connectivity index (χ0) is 27.5. The van der Waals surface area contributed by atoms with Crippen LogP contribution in [0.2, 0.25) is 0 Å². The lowest BCUT2D eigenvalue weighted by Gasteiger charge is -2.55. The summed E-state index contributed by atoms with van der Waals surface area (Å²) >= 11 is 0. The summed E-state index contributed by atoms with van der Waals surface area (Å²) in [4.78, 5) is 49.1. The first-order valence-corrected chi connectivity index (χ1v) is 14.5. The molecule has 3 aliphatic rings. The van der Waals surface area contributed by atoms with Gasteiger partial charge in [0.1, 0.15) is 11.6 Å². The molecule has 2 aliphatic heterocycles. The highest BCUT2D eigenvalue weighted by Gasteiger charge is 2.69. The molecule has 3 heterocycles. The Labute approximate surface area is 225 Å². The number of benzene rings is 2. The van der Waals surface area contributed by atoms with Gasteiger partial charge in [0.05, 0.1) is 6.54 Å².